The van der Waals surface area contributed by atoms with Crippen LogP contribution in [0.2, 0.25) is 0 Å². The number of aryl methyl sites for hydroxylation is 1. The van der Waals surface area contributed by atoms with Crippen molar-refractivity contribution in [2.75, 3.05) is 18.9 Å². The van der Waals surface area contributed by atoms with Crippen LogP contribution < -0.4 is 37.2 Å². The average Bonchev–Trinajstić information content (AvgIpc) is 3.62. The average molecular weight is 841 g/mol. The molecule has 0 aliphatic carbocycles. The number of aromatic nitrogens is 1. The van der Waals surface area contributed by atoms with Crippen LogP contribution in [0.15, 0.2) is 85.1 Å². The number of fused-ring (bicyclic) bond motifs is 1. The van der Waals surface area contributed by atoms with Gasteiger partial charge in [-0.15, -0.1) is 0 Å². The van der Waals surface area contributed by atoms with Gasteiger partial charge in [-0.25, -0.2) is 9.59 Å². The lowest BCUT2D eigenvalue weighted by Crippen LogP contribution is -2.59. The molecule has 4 rings (SSSR count). The van der Waals surface area contributed by atoms with Gasteiger partial charge in [0, 0.05) is 49.2 Å². The summed E-state index contributed by atoms with van der Waals surface area (Å²) in [5.41, 5.74) is 2.85. The number of hydrogen-bond acceptors (Lipinski definition) is 8. The van der Waals surface area contributed by atoms with Crippen LogP contribution >= 0.6 is 0 Å². The van der Waals surface area contributed by atoms with Gasteiger partial charge in [-0.3, -0.25) is 24.0 Å². The summed E-state index contributed by atoms with van der Waals surface area (Å²) in [6.45, 7) is 7.08. The standard InChI is InChI=1S/C44H56N8O9/c1-27-15-9-11-19-31(27)51-42(59)46-22-14-13-21-33(39(56)50-36(25-37(53)54)41(58)49-34(38(55)45-5)23-28-16-7-6-8-17-28)48-40(57)35(52-43(60)61-44(2,3)4)24-29-26-47-32-20-12-10-18-30(29)32/h6-12,15-20,26,33-36,47H,13-14,21-25H2,1-5H3,(H,45,55)(H,48,57)(H,49,58)(H,50,56)(H,52,60)(H,53,54)(H2,46,51,59)/t33-,34-,35-,36-/m0/s1. The quantitative estimate of drug-likeness (QED) is 0.0586. The summed E-state index contributed by atoms with van der Waals surface area (Å²) in [5, 5.41) is 29.0. The number of likely N-dealkylation sites (N-methyl/N-ethyl adjacent to an activating group) is 1. The predicted molar refractivity (Wildman–Crippen MR) is 229 cm³/mol. The van der Waals surface area contributed by atoms with E-state index in [4.69, 9.17) is 4.74 Å². The van der Waals surface area contributed by atoms with Crippen molar-refractivity contribution in [2.45, 2.75) is 96.0 Å². The number of rotatable bonds is 20. The Morgan fingerprint density at radius 2 is 1.31 bits per heavy atom. The van der Waals surface area contributed by atoms with E-state index in [9.17, 15) is 38.7 Å². The number of aliphatic carboxylic acids is 1. The van der Waals surface area contributed by atoms with Gasteiger partial charge < -0.3 is 52.0 Å². The minimum Gasteiger partial charge on any atom is -0.481 e. The van der Waals surface area contributed by atoms with Gasteiger partial charge in [0.05, 0.1) is 6.42 Å². The number of H-pyrrole nitrogens is 1. The van der Waals surface area contributed by atoms with Crippen molar-refractivity contribution in [3.63, 3.8) is 0 Å². The van der Waals surface area contributed by atoms with E-state index in [1.807, 2.05) is 43.3 Å². The van der Waals surface area contributed by atoms with E-state index in [-0.39, 0.29) is 32.2 Å². The molecule has 4 atom stereocenters. The highest BCUT2D eigenvalue weighted by molar-refractivity contribution is 5.97. The number of carboxylic acid groups (broad SMARTS) is 1. The first kappa shape index (κ1) is 46.8. The zero-order valence-electron chi connectivity index (χ0n) is 35.1. The molecule has 0 radical (unpaired) electrons. The van der Waals surface area contributed by atoms with E-state index in [1.165, 1.54) is 7.05 Å². The maximum atomic E-state index is 14.2. The summed E-state index contributed by atoms with van der Waals surface area (Å²) in [7, 11) is 1.39. The molecular weight excluding hydrogens is 785 g/mol. The van der Waals surface area contributed by atoms with Crippen LogP contribution in [0.25, 0.3) is 10.9 Å². The van der Waals surface area contributed by atoms with E-state index in [0.717, 1.165) is 22.0 Å². The summed E-state index contributed by atoms with van der Waals surface area (Å²) in [5.74, 6) is -4.52. The van der Waals surface area contributed by atoms with Gasteiger partial charge >= 0.3 is 18.1 Å². The first-order valence-corrected chi connectivity index (χ1v) is 20.1. The van der Waals surface area contributed by atoms with Crippen LogP contribution in [0.3, 0.4) is 0 Å². The van der Waals surface area contributed by atoms with E-state index < -0.39 is 77.9 Å². The maximum Gasteiger partial charge on any atom is 0.408 e. The van der Waals surface area contributed by atoms with Crippen molar-refractivity contribution in [1.29, 1.82) is 0 Å². The van der Waals surface area contributed by atoms with E-state index in [2.05, 4.69) is 42.2 Å². The number of carboxylic acids is 1. The molecule has 1 aromatic heterocycles. The fraction of sp³-hybridized carbons (Fsp3) is 0.386. The Labute approximate surface area is 354 Å². The highest BCUT2D eigenvalue weighted by atomic mass is 16.6. The number of amides is 7. The Balaban J connectivity index is 1.55. The van der Waals surface area contributed by atoms with E-state index in [0.29, 0.717) is 17.7 Å². The lowest BCUT2D eigenvalue weighted by atomic mass is 10.0. The Morgan fingerprint density at radius 1 is 0.705 bits per heavy atom. The van der Waals surface area contributed by atoms with Crippen LogP contribution in [0.1, 0.15) is 63.1 Å². The van der Waals surface area contributed by atoms with Crippen LogP contribution in [0, 0.1) is 6.92 Å². The molecule has 0 aliphatic rings. The smallest absolute Gasteiger partial charge is 0.408 e. The molecule has 9 N–H and O–H groups in total. The summed E-state index contributed by atoms with van der Waals surface area (Å²) in [4.78, 5) is 95.5. The number of hydrogen-bond donors (Lipinski definition) is 9. The fourth-order valence-electron chi connectivity index (χ4n) is 6.44. The summed E-state index contributed by atoms with van der Waals surface area (Å²) in [6, 6.07) is 17.8. The zero-order valence-corrected chi connectivity index (χ0v) is 35.1. The molecular formula is C44H56N8O9. The maximum absolute atomic E-state index is 14.2. The van der Waals surface area contributed by atoms with Crippen LogP contribution in [-0.4, -0.2) is 95.2 Å². The molecule has 1 heterocycles. The van der Waals surface area contributed by atoms with Crippen molar-refractivity contribution < 1.29 is 43.4 Å². The van der Waals surface area contributed by atoms with Crippen molar-refractivity contribution in [3.05, 3.63) is 102 Å². The van der Waals surface area contributed by atoms with E-state index in [1.54, 1.807) is 69.4 Å². The molecule has 0 spiro atoms. The number of aromatic amines is 1. The van der Waals surface area contributed by atoms with Gasteiger partial charge in [0.15, 0.2) is 0 Å². The Hall–Kier alpha value is -6.91. The van der Waals surface area contributed by atoms with Crippen molar-refractivity contribution in [2.24, 2.45) is 0 Å². The molecule has 17 heteroatoms. The number of urea groups is 1. The molecule has 3 aromatic carbocycles. The number of unbranched alkanes of at least 4 members (excludes halogenated alkanes) is 1. The highest BCUT2D eigenvalue weighted by Gasteiger charge is 2.33. The first-order chi connectivity index (χ1) is 29.0. The molecule has 7 amide bonds. The second kappa shape index (κ2) is 22.5. The third-order valence-corrected chi connectivity index (χ3v) is 9.51. The topological polar surface area (TPSA) is 249 Å². The lowest BCUT2D eigenvalue weighted by molar-refractivity contribution is -0.141. The zero-order chi connectivity index (χ0) is 44.5. The number of carbonyl (C=O) groups is 7. The number of para-hydroxylation sites is 2. The summed E-state index contributed by atoms with van der Waals surface area (Å²) < 4.78 is 5.46. The number of nitrogens with one attached hydrogen (secondary N) is 8. The molecule has 0 fully saturated rings. The number of carbonyl (C=O) groups excluding carboxylic acids is 6. The van der Waals surface area contributed by atoms with Gasteiger partial charge in [-0.1, -0.05) is 66.7 Å². The fourth-order valence-corrected chi connectivity index (χ4v) is 6.44. The second-order valence-electron chi connectivity index (χ2n) is 15.5. The van der Waals surface area contributed by atoms with Crippen LogP contribution in [0.5, 0.6) is 0 Å². The minimum absolute atomic E-state index is 0.00428. The first-order valence-electron chi connectivity index (χ1n) is 20.1. The Bertz CT molecular complexity index is 2150. The van der Waals surface area contributed by atoms with E-state index >= 15 is 0 Å². The third-order valence-electron chi connectivity index (χ3n) is 9.51. The Kier molecular flexibility index (Phi) is 17.2. The van der Waals surface area contributed by atoms with Crippen LogP contribution in [0.4, 0.5) is 15.3 Å². The molecule has 326 valence electrons. The summed E-state index contributed by atoms with van der Waals surface area (Å²) >= 11 is 0. The molecule has 61 heavy (non-hydrogen) atoms. The van der Waals surface area contributed by atoms with Crippen molar-refractivity contribution >= 4 is 58.3 Å². The molecule has 0 bridgehead atoms. The van der Waals surface area contributed by atoms with Crippen molar-refractivity contribution in [1.82, 2.24) is 36.9 Å². The molecule has 17 nitrogen and oxygen atoms in total. The third kappa shape index (κ3) is 15.3. The Morgan fingerprint density at radius 3 is 2.00 bits per heavy atom. The van der Waals surface area contributed by atoms with Gasteiger partial charge in [0.25, 0.3) is 0 Å². The van der Waals surface area contributed by atoms with Crippen molar-refractivity contribution in [3.8, 4) is 0 Å². The second-order valence-corrected chi connectivity index (χ2v) is 15.5. The van der Waals surface area contributed by atoms with Crippen LogP contribution in [-0.2, 0) is 41.6 Å². The van der Waals surface area contributed by atoms with Gasteiger partial charge in [0.2, 0.25) is 23.6 Å². The molecule has 0 aliphatic heterocycles. The normalized spacial score (nSPS) is 13.1. The molecule has 0 saturated carbocycles. The van der Waals surface area contributed by atoms with Gasteiger partial charge in [-0.05, 0) is 75.8 Å². The van der Waals surface area contributed by atoms with Gasteiger partial charge in [-0.2, -0.15) is 0 Å². The highest BCUT2D eigenvalue weighted by Crippen LogP contribution is 2.20. The largest absolute Gasteiger partial charge is 0.481 e. The number of benzene rings is 3. The SMILES string of the molecule is CNC(=O)[C@H](Cc1ccccc1)NC(=O)[C@H](CC(=O)O)NC(=O)[C@H](CCCCNC(=O)Nc1ccccc1C)NC(=O)[C@H](Cc1c[nH]c2ccccc12)NC(=O)OC(C)(C)C. The predicted octanol–water partition coefficient (Wildman–Crippen LogP) is 3.82. The number of anilines is 1. The molecule has 4 aromatic rings. The number of alkyl carbamates (subject to hydrolysis) is 1. The lowest BCUT2D eigenvalue weighted by Gasteiger charge is -2.27. The van der Waals surface area contributed by atoms with Gasteiger partial charge in [0.1, 0.15) is 29.8 Å². The number of ether oxygens (including phenoxy) is 1. The minimum atomic E-state index is -1.65. The monoisotopic (exact) mass is 840 g/mol. The summed E-state index contributed by atoms with van der Waals surface area (Å²) in [6.07, 6.45) is 0.710. The molecule has 0 unspecified atom stereocenters. The molecule has 0 saturated heterocycles.